The van der Waals surface area contributed by atoms with E-state index in [2.05, 4.69) is 5.32 Å². The first kappa shape index (κ1) is 23.9. The van der Waals surface area contributed by atoms with E-state index in [-0.39, 0.29) is 11.8 Å². The number of ether oxygens (including phenoxy) is 1. The third-order valence-corrected chi connectivity index (χ3v) is 7.45. The quantitative estimate of drug-likeness (QED) is 0.306. The molecule has 3 aromatic carbocycles. The SMILES string of the molecule is CC(=O)Oc1ccc(N2C(=O)[C@@H]3[C@H](C2=O)C2c4ccccc4C=CN2[C@@H]3C(=O)Nc2ccc(Cl)cc2)cc1. The van der Waals surface area contributed by atoms with E-state index in [1.54, 1.807) is 42.6 Å². The van der Waals surface area contributed by atoms with Gasteiger partial charge in [0.1, 0.15) is 11.8 Å². The molecule has 6 rings (SSSR count). The summed E-state index contributed by atoms with van der Waals surface area (Å²) in [7, 11) is 0. The molecule has 190 valence electrons. The molecule has 8 nitrogen and oxygen atoms in total. The van der Waals surface area contributed by atoms with E-state index in [9.17, 15) is 19.2 Å². The summed E-state index contributed by atoms with van der Waals surface area (Å²) in [6.07, 6.45) is 3.70. The molecular formula is C29H22ClN3O5. The summed E-state index contributed by atoms with van der Waals surface area (Å²) in [5, 5.41) is 3.43. The summed E-state index contributed by atoms with van der Waals surface area (Å²) in [6.45, 7) is 1.29. The number of carbonyl (C=O) groups is 4. The Hall–Kier alpha value is -4.43. The van der Waals surface area contributed by atoms with E-state index in [0.717, 1.165) is 16.0 Å². The minimum atomic E-state index is -0.910. The Morgan fingerprint density at radius 3 is 2.29 bits per heavy atom. The molecule has 4 atom stereocenters. The average molecular weight is 528 g/mol. The van der Waals surface area contributed by atoms with Gasteiger partial charge in [0, 0.05) is 23.8 Å². The van der Waals surface area contributed by atoms with Crippen LogP contribution in [-0.4, -0.2) is 34.6 Å². The van der Waals surface area contributed by atoms with Crippen molar-refractivity contribution in [2.24, 2.45) is 11.8 Å². The predicted molar refractivity (Wildman–Crippen MR) is 141 cm³/mol. The third kappa shape index (κ3) is 3.85. The summed E-state index contributed by atoms with van der Waals surface area (Å²) in [6, 6.07) is 19.2. The van der Waals surface area contributed by atoms with E-state index in [1.807, 2.05) is 35.2 Å². The van der Waals surface area contributed by atoms with E-state index in [0.29, 0.717) is 22.1 Å². The normalized spacial score (nSPS) is 23.1. The lowest BCUT2D eigenvalue weighted by molar-refractivity contribution is -0.132. The number of imide groups is 1. The maximum absolute atomic E-state index is 13.9. The van der Waals surface area contributed by atoms with Crippen LogP contribution >= 0.6 is 11.6 Å². The highest BCUT2D eigenvalue weighted by Crippen LogP contribution is 2.53. The number of hydrogen-bond acceptors (Lipinski definition) is 6. The molecule has 0 radical (unpaired) electrons. The zero-order valence-corrected chi connectivity index (χ0v) is 21.0. The van der Waals surface area contributed by atoms with Crippen LogP contribution in [0, 0.1) is 11.8 Å². The molecule has 1 N–H and O–H groups in total. The molecule has 3 aromatic rings. The first-order valence-corrected chi connectivity index (χ1v) is 12.5. The van der Waals surface area contributed by atoms with Crippen LogP contribution in [0.3, 0.4) is 0 Å². The van der Waals surface area contributed by atoms with Gasteiger partial charge in [-0.2, -0.15) is 0 Å². The van der Waals surface area contributed by atoms with E-state index in [4.69, 9.17) is 16.3 Å². The van der Waals surface area contributed by atoms with Crippen LogP contribution in [0.5, 0.6) is 5.75 Å². The fraction of sp³-hybridized carbons (Fsp3) is 0.172. The zero-order valence-electron chi connectivity index (χ0n) is 20.2. The summed E-state index contributed by atoms with van der Waals surface area (Å²) in [5.41, 5.74) is 2.72. The van der Waals surface area contributed by atoms with Gasteiger partial charge in [-0.15, -0.1) is 0 Å². The van der Waals surface area contributed by atoms with Crippen LogP contribution in [0.25, 0.3) is 6.08 Å². The Bertz CT molecular complexity index is 1500. The van der Waals surface area contributed by atoms with Crippen molar-refractivity contribution in [2.45, 2.75) is 19.0 Å². The molecule has 3 aliphatic heterocycles. The highest BCUT2D eigenvalue weighted by atomic mass is 35.5. The Labute approximate surface area is 223 Å². The first-order valence-electron chi connectivity index (χ1n) is 12.1. The maximum Gasteiger partial charge on any atom is 0.308 e. The van der Waals surface area contributed by atoms with E-state index in [1.165, 1.54) is 19.1 Å². The van der Waals surface area contributed by atoms with Gasteiger partial charge in [0.2, 0.25) is 17.7 Å². The summed E-state index contributed by atoms with van der Waals surface area (Å²) >= 11 is 5.99. The number of anilines is 2. The van der Waals surface area contributed by atoms with Crippen molar-refractivity contribution in [3.63, 3.8) is 0 Å². The fourth-order valence-electron chi connectivity index (χ4n) is 5.69. The van der Waals surface area contributed by atoms with Crippen molar-refractivity contribution in [1.82, 2.24) is 4.90 Å². The van der Waals surface area contributed by atoms with Crippen molar-refractivity contribution >= 4 is 52.7 Å². The van der Waals surface area contributed by atoms with Crippen molar-refractivity contribution < 1.29 is 23.9 Å². The van der Waals surface area contributed by atoms with Crippen LogP contribution < -0.4 is 15.0 Å². The van der Waals surface area contributed by atoms with Gasteiger partial charge >= 0.3 is 5.97 Å². The highest BCUT2D eigenvalue weighted by molar-refractivity contribution is 6.30. The number of carbonyl (C=O) groups excluding carboxylic acids is 4. The number of halogens is 1. The van der Waals surface area contributed by atoms with Gasteiger partial charge in [-0.05, 0) is 65.7 Å². The van der Waals surface area contributed by atoms with Crippen LogP contribution in [0.15, 0.2) is 79.0 Å². The second-order valence-electron chi connectivity index (χ2n) is 9.43. The number of nitrogens with one attached hydrogen (secondary N) is 1. The number of fused-ring (bicyclic) bond motifs is 5. The van der Waals surface area contributed by atoms with Gasteiger partial charge in [-0.25, -0.2) is 4.90 Å². The van der Waals surface area contributed by atoms with Crippen LogP contribution in [0.4, 0.5) is 11.4 Å². The lowest BCUT2D eigenvalue weighted by Gasteiger charge is -2.35. The first-order chi connectivity index (χ1) is 18.3. The molecule has 3 amide bonds. The number of nitrogens with zero attached hydrogens (tertiary/aromatic N) is 2. The molecule has 2 saturated heterocycles. The monoisotopic (exact) mass is 527 g/mol. The van der Waals surface area contributed by atoms with Crippen LogP contribution in [0.1, 0.15) is 24.1 Å². The second kappa shape index (κ2) is 9.15. The Balaban J connectivity index is 1.39. The van der Waals surface area contributed by atoms with Crippen molar-refractivity contribution in [1.29, 1.82) is 0 Å². The fourth-order valence-corrected chi connectivity index (χ4v) is 5.82. The van der Waals surface area contributed by atoms with E-state index < -0.39 is 35.8 Å². The van der Waals surface area contributed by atoms with E-state index >= 15 is 0 Å². The summed E-state index contributed by atoms with van der Waals surface area (Å²) in [4.78, 5) is 55.8. The molecular weight excluding hydrogens is 506 g/mol. The molecule has 3 aliphatic rings. The van der Waals surface area contributed by atoms with Gasteiger partial charge < -0.3 is 15.0 Å². The molecule has 2 fully saturated rings. The zero-order chi connectivity index (χ0) is 26.6. The Morgan fingerprint density at radius 2 is 1.58 bits per heavy atom. The minimum Gasteiger partial charge on any atom is -0.427 e. The topological polar surface area (TPSA) is 96.0 Å². The van der Waals surface area contributed by atoms with Crippen molar-refractivity contribution in [3.8, 4) is 5.75 Å². The smallest absolute Gasteiger partial charge is 0.308 e. The minimum absolute atomic E-state index is 0.304. The molecule has 0 saturated carbocycles. The third-order valence-electron chi connectivity index (χ3n) is 7.20. The van der Waals surface area contributed by atoms with Crippen LogP contribution in [0.2, 0.25) is 5.02 Å². The predicted octanol–water partition coefficient (Wildman–Crippen LogP) is 4.42. The standard InChI is InChI=1S/C29H22ClN3O5/c1-16(34)38-21-12-10-20(11-13-21)33-28(36)23-24(29(33)37)26(27(35)31-19-8-6-18(30)7-9-19)32-15-14-17-4-2-3-5-22(17)25(23)32/h2-15,23-26H,1H3,(H,31,35)/t23-,24+,25?,26-/m0/s1. The molecule has 38 heavy (non-hydrogen) atoms. The Morgan fingerprint density at radius 1 is 0.895 bits per heavy atom. The van der Waals surface area contributed by atoms with Crippen LogP contribution in [-0.2, 0) is 19.2 Å². The Kier molecular flexibility index (Phi) is 5.76. The average Bonchev–Trinajstić information content (AvgIpc) is 3.38. The summed E-state index contributed by atoms with van der Waals surface area (Å²) in [5.74, 6) is -3.04. The number of hydrogen-bond donors (Lipinski definition) is 1. The highest BCUT2D eigenvalue weighted by Gasteiger charge is 2.64. The van der Waals surface area contributed by atoms with Gasteiger partial charge in [0.25, 0.3) is 0 Å². The number of rotatable bonds is 4. The summed E-state index contributed by atoms with van der Waals surface area (Å²) < 4.78 is 5.08. The van der Waals surface area contributed by atoms with Gasteiger partial charge in [0.15, 0.2) is 0 Å². The van der Waals surface area contributed by atoms with Gasteiger partial charge in [-0.1, -0.05) is 35.9 Å². The van der Waals surface area contributed by atoms with Gasteiger partial charge in [-0.3, -0.25) is 19.2 Å². The molecule has 3 heterocycles. The molecule has 1 unspecified atom stereocenters. The second-order valence-corrected chi connectivity index (χ2v) is 9.87. The lowest BCUT2D eigenvalue weighted by Crippen LogP contribution is -2.46. The molecule has 0 aliphatic carbocycles. The number of amides is 3. The largest absolute Gasteiger partial charge is 0.427 e. The van der Waals surface area contributed by atoms with Gasteiger partial charge in [0.05, 0.1) is 23.6 Å². The van der Waals surface area contributed by atoms with Crippen molar-refractivity contribution in [2.75, 3.05) is 10.2 Å². The number of esters is 1. The molecule has 0 bridgehead atoms. The van der Waals surface area contributed by atoms with Crippen molar-refractivity contribution in [3.05, 3.63) is 95.1 Å². The molecule has 9 heteroatoms. The number of benzene rings is 3. The molecule has 0 aromatic heterocycles. The molecule has 0 spiro atoms. The maximum atomic E-state index is 13.9. The lowest BCUT2D eigenvalue weighted by atomic mass is 9.84.